The number of rotatable bonds is 3. The van der Waals surface area contributed by atoms with Crippen molar-refractivity contribution < 1.29 is 24.5 Å². The number of hydrogen-bond donors (Lipinski definition) is 2. The monoisotopic (exact) mass is 279 g/mol. The Morgan fingerprint density at radius 2 is 1.90 bits per heavy atom. The SMILES string of the molecule is Cc1ccc(O[C@H]2CN(C(=O)O)[C@](C)(C(=O)O)C2)cc1. The summed E-state index contributed by atoms with van der Waals surface area (Å²) in [6.07, 6.45) is -1.58. The summed E-state index contributed by atoms with van der Waals surface area (Å²) in [6, 6.07) is 7.35. The number of carbonyl (C=O) groups is 2. The van der Waals surface area contributed by atoms with Crippen LogP contribution in [0.2, 0.25) is 0 Å². The van der Waals surface area contributed by atoms with E-state index in [1.54, 1.807) is 12.1 Å². The van der Waals surface area contributed by atoms with E-state index < -0.39 is 23.7 Å². The molecule has 0 unspecified atom stereocenters. The van der Waals surface area contributed by atoms with Crippen molar-refractivity contribution in [1.82, 2.24) is 4.90 Å². The first-order valence-corrected chi connectivity index (χ1v) is 6.30. The van der Waals surface area contributed by atoms with Crippen molar-refractivity contribution >= 4 is 12.1 Å². The summed E-state index contributed by atoms with van der Waals surface area (Å²) in [5.74, 6) is -0.546. The third-order valence-electron chi connectivity index (χ3n) is 3.62. The lowest BCUT2D eigenvalue weighted by Crippen LogP contribution is -2.50. The summed E-state index contributed by atoms with van der Waals surface area (Å²) in [6.45, 7) is 3.40. The molecule has 0 radical (unpaired) electrons. The minimum Gasteiger partial charge on any atom is -0.488 e. The van der Waals surface area contributed by atoms with Crippen molar-refractivity contribution in [1.29, 1.82) is 0 Å². The topological polar surface area (TPSA) is 87.1 Å². The summed E-state index contributed by atoms with van der Waals surface area (Å²) in [5.41, 5.74) is -0.354. The van der Waals surface area contributed by atoms with Crippen LogP contribution in [0.1, 0.15) is 18.9 Å². The van der Waals surface area contributed by atoms with Crippen LogP contribution in [0.25, 0.3) is 0 Å². The number of hydrogen-bond acceptors (Lipinski definition) is 3. The Labute approximate surface area is 116 Å². The highest BCUT2D eigenvalue weighted by Gasteiger charge is 2.51. The fourth-order valence-electron chi connectivity index (χ4n) is 2.40. The van der Waals surface area contributed by atoms with Crippen LogP contribution in [-0.4, -0.2) is 45.4 Å². The highest BCUT2D eigenvalue weighted by atomic mass is 16.5. The van der Waals surface area contributed by atoms with Crippen LogP contribution in [0, 0.1) is 6.92 Å². The molecule has 1 aromatic carbocycles. The van der Waals surface area contributed by atoms with Gasteiger partial charge in [0.15, 0.2) is 0 Å². The highest BCUT2D eigenvalue weighted by Crippen LogP contribution is 2.32. The standard InChI is InChI=1S/C14H17NO5/c1-9-3-5-10(6-4-9)20-11-7-14(2,12(16)17)15(8-11)13(18)19/h3-6,11H,7-8H2,1-2H3,(H,16,17)(H,18,19)/t11-,14+/m1/s1. The predicted octanol–water partition coefficient (Wildman–Crippen LogP) is 1.97. The molecule has 20 heavy (non-hydrogen) atoms. The summed E-state index contributed by atoms with van der Waals surface area (Å²) in [7, 11) is 0. The van der Waals surface area contributed by atoms with Crippen LogP contribution >= 0.6 is 0 Å². The van der Waals surface area contributed by atoms with E-state index in [2.05, 4.69) is 0 Å². The van der Waals surface area contributed by atoms with Crippen molar-refractivity contribution in [2.24, 2.45) is 0 Å². The van der Waals surface area contributed by atoms with E-state index >= 15 is 0 Å². The van der Waals surface area contributed by atoms with Crippen LogP contribution < -0.4 is 4.74 Å². The lowest BCUT2D eigenvalue weighted by atomic mass is 9.99. The van der Waals surface area contributed by atoms with Gasteiger partial charge < -0.3 is 14.9 Å². The first kappa shape index (κ1) is 14.2. The van der Waals surface area contributed by atoms with Gasteiger partial charge >= 0.3 is 12.1 Å². The van der Waals surface area contributed by atoms with Gasteiger partial charge in [-0.05, 0) is 26.0 Å². The Bertz CT molecular complexity index is 527. The van der Waals surface area contributed by atoms with Gasteiger partial charge in [-0.2, -0.15) is 0 Å². The maximum Gasteiger partial charge on any atom is 0.408 e. The summed E-state index contributed by atoms with van der Waals surface area (Å²) in [4.78, 5) is 23.4. The van der Waals surface area contributed by atoms with Crippen molar-refractivity contribution in [3.63, 3.8) is 0 Å². The van der Waals surface area contributed by atoms with E-state index in [0.29, 0.717) is 5.75 Å². The second kappa shape index (κ2) is 5.03. The molecule has 0 saturated carbocycles. The van der Waals surface area contributed by atoms with Gasteiger partial charge in [0, 0.05) is 6.42 Å². The third-order valence-corrected chi connectivity index (χ3v) is 3.62. The number of carboxylic acid groups (broad SMARTS) is 2. The zero-order chi connectivity index (χ0) is 14.9. The molecule has 1 heterocycles. The quantitative estimate of drug-likeness (QED) is 0.883. The molecule has 6 nitrogen and oxygen atoms in total. The van der Waals surface area contributed by atoms with Crippen molar-refractivity contribution in [3.05, 3.63) is 29.8 Å². The molecule has 0 aromatic heterocycles. The number of likely N-dealkylation sites (tertiary alicyclic amines) is 1. The molecule has 2 rings (SSSR count). The fraction of sp³-hybridized carbons (Fsp3) is 0.429. The molecule has 0 aliphatic carbocycles. The van der Waals surface area contributed by atoms with Crippen LogP contribution in [0.5, 0.6) is 5.75 Å². The molecule has 6 heteroatoms. The molecule has 0 bridgehead atoms. The van der Waals surface area contributed by atoms with E-state index in [1.807, 2.05) is 19.1 Å². The number of aryl methyl sites for hydroxylation is 1. The summed E-state index contributed by atoms with van der Waals surface area (Å²) in [5, 5.41) is 18.4. The number of carboxylic acids is 1. The van der Waals surface area contributed by atoms with Crippen LogP contribution in [-0.2, 0) is 4.79 Å². The number of nitrogens with zero attached hydrogens (tertiary/aromatic N) is 1. The minimum atomic E-state index is -1.44. The number of aliphatic carboxylic acids is 1. The molecule has 108 valence electrons. The highest BCUT2D eigenvalue weighted by molar-refractivity contribution is 5.84. The van der Waals surface area contributed by atoms with Gasteiger partial charge in [-0.1, -0.05) is 17.7 Å². The minimum absolute atomic E-state index is 0.0476. The Kier molecular flexibility index (Phi) is 3.57. The molecule has 2 atom stereocenters. The van der Waals surface area contributed by atoms with E-state index in [0.717, 1.165) is 10.5 Å². The predicted molar refractivity (Wildman–Crippen MR) is 71.0 cm³/mol. The zero-order valence-electron chi connectivity index (χ0n) is 11.4. The molecule has 1 aliphatic rings. The second-order valence-corrected chi connectivity index (χ2v) is 5.23. The average Bonchev–Trinajstić information content (AvgIpc) is 2.71. The normalized spacial score (nSPS) is 25.5. The molecular weight excluding hydrogens is 262 g/mol. The van der Waals surface area contributed by atoms with Gasteiger partial charge in [-0.25, -0.2) is 9.59 Å². The van der Waals surface area contributed by atoms with Gasteiger partial charge in [0.05, 0.1) is 6.54 Å². The van der Waals surface area contributed by atoms with E-state index in [1.165, 1.54) is 6.92 Å². The maximum absolute atomic E-state index is 11.3. The molecular formula is C14H17NO5. The van der Waals surface area contributed by atoms with Crippen molar-refractivity contribution in [2.45, 2.75) is 31.9 Å². The van der Waals surface area contributed by atoms with Gasteiger partial charge in [0.25, 0.3) is 0 Å². The fourth-order valence-corrected chi connectivity index (χ4v) is 2.40. The van der Waals surface area contributed by atoms with Crippen molar-refractivity contribution in [3.8, 4) is 5.75 Å². The third kappa shape index (κ3) is 2.54. The Morgan fingerprint density at radius 1 is 1.30 bits per heavy atom. The van der Waals surface area contributed by atoms with Crippen molar-refractivity contribution in [2.75, 3.05) is 6.54 Å². The molecule has 1 saturated heterocycles. The van der Waals surface area contributed by atoms with E-state index in [-0.39, 0.29) is 13.0 Å². The van der Waals surface area contributed by atoms with E-state index in [9.17, 15) is 14.7 Å². The molecule has 1 amide bonds. The van der Waals surface area contributed by atoms with Gasteiger partial charge in [-0.15, -0.1) is 0 Å². The van der Waals surface area contributed by atoms with Crippen LogP contribution in [0.3, 0.4) is 0 Å². The smallest absolute Gasteiger partial charge is 0.408 e. The molecule has 0 spiro atoms. The Hall–Kier alpha value is -2.24. The Balaban J connectivity index is 2.14. The summed E-state index contributed by atoms with van der Waals surface area (Å²) < 4.78 is 5.69. The van der Waals surface area contributed by atoms with Crippen LogP contribution in [0.4, 0.5) is 4.79 Å². The molecule has 1 fully saturated rings. The average molecular weight is 279 g/mol. The summed E-state index contributed by atoms with van der Waals surface area (Å²) >= 11 is 0. The number of amides is 1. The van der Waals surface area contributed by atoms with Gasteiger partial charge in [-0.3, -0.25) is 4.90 Å². The Morgan fingerprint density at radius 3 is 2.35 bits per heavy atom. The lowest BCUT2D eigenvalue weighted by Gasteiger charge is -2.27. The maximum atomic E-state index is 11.3. The van der Waals surface area contributed by atoms with Gasteiger partial charge in [0.1, 0.15) is 17.4 Å². The molecule has 1 aromatic rings. The largest absolute Gasteiger partial charge is 0.488 e. The first-order chi connectivity index (χ1) is 9.33. The molecule has 2 N–H and O–H groups in total. The second-order valence-electron chi connectivity index (χ2n) is 5.23. The van der Waals surface area contributed by atoms with Crippen LogP contribution in [0.15, 0.2) is 24.3 Å². The lowest BCUT2D eigenvalue weighted by molar-refractivity contribution is -0.147. The van der Waals surface area contributed by atoms with E-state index in [4.69, 9.17) is 9.84 Å². The molecule has 1 aliphatic heterocycles. The first-order valence-electron chi connectivity index (χ1n) is 6.30. The number of benzene rings is 1. The number of ether oxygens (including phenoxy) is 1. The van der Waals surface area contributed by atoms with Gasteiger partial charge in [0.2, 0.25) is 0 Å². The zero-order valence-corrected chi connectivity index (χ0v) is 11.4.